The average molecular weight is 316 g/mol. The fourth-order valence-corrected chi connectivity index (χ4v) is 5.01. The van der Waals surface area contributed by atoms with E-state index in [4.69, 9.17) is 0 Å². The van der Waals surface area contributed by atoms with Crippen molar-refractivity contribution in [3.8, 4) is 0 Å². The molecular formula is C14H24N2O4S. The van der Waals surface area contributed by atoms with Gasteiger partial charge in [-0.3, -0.25) is 9.59 Å². The number of rotatable bonds is 3. The molecule has 0 aliphatic carbocycles. The molecule has 2 heterocycles. The summed E-state index contributed by atoms with van der Waals surface area (Å²) < 4.78 is 23.7. The zero-order valence-corrected chi connectivity index (χ0v) is 13.5. The van der Waals surface area contributed by atoms with E-state index >= 15 is 0 Å². The fraction of sp³-hybridized carbons (Fsp3) is 0.857. The summed E-state index contributed by atoms with van der Waals surface area (Å²) in [5.74, 6) is -0.0278. The minimum absolute atomic E-state index is 0.0242. The van der Waals surface area contributed by atoms with E-state index in [0.717, 1.165) is 0 Å². The lowest BCUT2D eigenvalue weighted by atomic mass is 9.90. The molecular weight excluding hydrogens is 292 g/mol. The van der Waals surface area contributed by atoms with Gasteiger partial charge >= 0.3 is 0 Å². The summed E-state index contributed by atoms with van der Waals surface area (Å²) in [5.41, 5.74) is -0.880. The Labute approximate surface area is 126 Å². The summed E-state index contributed by atoms with van der Waals surface area (Å²) in [6.07, 6.45) is 2.56. The molecule has 2 aliphatic heterocycles. The van der Waals surface area contributed by atoms with Crippen LogP contribution in [0.5, 0.6) is 0 Å². The van der Waals surface area contributed by atoms with Crippen molar-refractivity contribution in [1.82, 2.24) is 10.2 Å². The van der Waals surface area contributed by atoms with Crippen LogP contribution in [0, 0.1) is 0 Å². The van der Waals surface area contributed by atoms with Crippen molar-refractivity contribution >= 4 is 21.7 Å². The molecule has 2 saturated heterocycles. The maximum absolute atomic E-state index is 12.9. The normalized spacial score (nSPS) is 28.9. The second-order valence-electron chi connectivity index (χ2n) is 6.00. The summed E-state index contributed by atoms with van der Waals surface area (Å²) in [6.45, 7) is 4.07. The highest BCUT2D eigenvalue weighted by Crippen LogP contribution is 2.26. The first-order valence-corrected chi connectivity index (χ1v) is 9.48. The molecule has 2 fully saturated rings. The number of carbonyl (C=O) groups excluding carboxylic acids is 2. The quantitative estimate of drug-likeness (QED) is 0.820. The second-order valence-corrected chi connectivity index (χ2v) is 8.23. The van der Waals surface area contributed by atoms with Crippen LogP contribution in [-0.4, -0.2) is 54.8 Å². The molecule has 0 aromatic rings. The number of carbonyl (C=O) groups is 2. The Morgan fingerprint density at radius 3 is 2.52 bits per heavy atom. The lowest BCUT2D eigenvalue weighted by Gasteiger charge is -2.39. The Hall–Kier alpha value is -1.11. The predicted octanol–water partition coefficient (Wildman–Crippen LogP) is 0.471. The Morgan fingerprint density at radius 2 is 1.95 bits per heavy atom. The fourth-order valence-electron chi connectivity index (χ4n) is 3.30. The molecule has 0 radical (unpaired) electrons. The molecule has 2 rings (SSSR count). The molecule has 0 aromatic carbocycles. The van der Waals surface area contributed by atoms with Crippen molar-refractivity contribution in [2.24, 2.45) is 0 Å². The van der Waals surface area contributed by atoms with Gasteiger partial charge in [0, 0.05) is 19.0 Å². The molecule has 1 unspecified atom stereocenters. The maximum Gasteiger partial charge on any atom is 0.248 e. The summed E-state index contributed by atoms with van der Waals surface area (Å²) in [5, 5.41) is 2.85. The van der Waals surface area contributed by atoms with Crippen LogP contribution in [0.25, 0.3) is 0 Å². The van der Waals surface area contributed by atoms with Gasteiger partial charge in [-0.2, -0.15) is 0 Å². The van der Waals surface area contributed by atoms with E-state index in [1.165, 1.54) is 0 Å². The third-order valence-corrected chi connectivity index (χ3v) is 6.52. The van der Waals surface area contributed by atoms with Crippen LogP contribution in [0.2, 0.25) is 0 Å². The lowest BCUT2D eigenvalue weighted by Crippen LogP contribution is -2.59. The van der Waals surface area contributed by atoms with Gasteiger partial charge in [-0.25, -0.2) is 8.42 Å². The average Bonchev–Trinajstić information content (AvgIpc) is 2.55. The van der Waals surface area contributed by atoms with Crippen molar-refractivity contribution in [3.63, 3.8) is 0 Å². The Bertz CT molecular complexity index is 525. The van der Waals surface area contributed by atoms with E-state index in [1.54, 1.807) is 4.90 Å². The van der Waals surface area contributed by atoms with Crippen LogP contribution >= 0.6 is 0 Å². The largest absolute Gasteiger partial charge is 0.342 e. The predicted molar refractivity (Wildman–Crippen MR) is 79.5 cm³/mol. The van der Waals surface area contributed by atoms with E-state index in [-0.39, 0.29) is 35.8 Å². The molecule has 2 aliphatic rings. The third kappa shape index (κ3) is 3.22. The Kier molecular flexibility index (Phi) is 4.60. The highest BCUT2D eigenvalue weighted by atomic mass is 32.2. The Balaban J connectivity index is 2.29. The minimum Gasteiger partial charge on any atom is -0.342 e. The Morgan fingerprint density at radius 1 is 1.29 bits per heavy atom. The van der Waals surface area contributed by atoms with Crippen LogP contribution in [0.3, 0.4) is 0 Å². The molecule has 1 N–H and O–H groups in total. The third-order valence-electron chi connectivity index (χ3n) is 4.72. The highest BCUT2D eigenvalue weighted by Gasteiger charge is 2.44. The van der Waals surface area contributed by atoms with Gasteiger partial charge in [0.05, 0.1) is 11.5 Å². The summed E-state index contributed by atoms with van der Waals surface area (Å²) in [7, 11) is -3.08. The smallest absolute Gasteiger partial charge is 0.248 e. The van der Waals surface area contributed by atoms with Gasteiger partial charge in [0.25, 0.3) is 0 Å². The van der Waals surface area contributed by atoms with Gasteiger partial charge in [-0.15, -0.1) is 0 Å². The molecule has 0 saturated carbocycles. The van der Waals surface area contributed by atoms with Crippen molar-refractivity contribution < 1.29 is 18.0 Å². The SMILES string of the molecule is CCC1(CC)NC(=O)CCN(C2CCCS(=O)(=O)C2)C1=O. The standard InChI is InChI=1S/C14H24N2O4S/c1-3-14(4-2)13(18)16(8-7-12(17)15-14)11-6-5-9-21(19,20)10-11/h11H,3-10H2,1-2H3,(H,15,17). The van der Waals surface area contributed by atoms with Crippen molar-refractivity contribution in [2.75, 3.05) is 18.1 Å². The summed E-state index contributed by atoms with van der Waals surface area (Å²) >= 11 is 0. The second kappa shape index (κ2) is 5.94. The van der Waals surface area contributed by atoms with Crippen LogP contribution in [-0.2, 0) is 19.4 Å². The molecule has 21 heavy (non-hydrogen) atoms. The number of nitrogens with one attached hydrogen (secondary N) is 1. The first kappa shape index (κ1) is 16.3. The first-order valence-electron chi connectivity index (χ1n) is 7.66. The monoisotopic (exact) mass is 316 g/mol. The molecule has 0 bridgehead atoms. The van der Waals surface area contributed by atoms with Crippen LogP contribution < -0.4 is 5.32 Å². The van der Waals surface area contributed by atoms with Gasteiger partial charge in [-0.05, 0) is 25.7 Å². The topological polar surface area (TPSA) is 83.6 Å². The number of nitrogens with zero attached hydrogens (tertiary/aromatic N) is 1. The first-order chi connectivity index (χ1) is 9.83. The molecule has 0 aromatic heterocycles. The van der Waals surface area contributed by atoms with Crippen molar-refractivity contribution in [3.05, 3.63) is 0 Å². The van der Waals surface area contributed by atoms with E-state index < -0.39 is 15.4 Å². The van der Waals surface area contributed by atoms with E-state index in [1.807, 2.05) is 13.8 Å². The van der Waals surface area contributed by atoms with Crippen LogP contribution in [0.15, 0.2) is 0 Å². The molecule has 120 valence electrons. The van der Waals surface area contributed by atoms with Gasteiger partial charge in [0.15, 0.2) is 9.84 Å². The van der Waals surface area contributed by atoms with Crippen molar-refractivity contribution in [2.45, 2.75) is 57.5 Å². The van der Waals surface area contributed by atoms with E-state index in [9.17, 15) is 18.0 Å². The van der Waals surface area contributed by atoms with E-state index in [2.05, 4.69) is 5.32 Å². The molecule has 6 nitrogen and oxygen atoms in total. The van der Waals surface area contributed by atoms with Crippen molar-refractivity contribution in [1.29, 1.82) is 0 Å². The van der Waals surface area contributed by atoms with Gasteiger partial charge < -0.3 is 10.2 Å². The van der Waals surface area contributed by atoms with E-state index in [0.29, 0.717) is 32.2 Å². The highest BCUT2D eigenvalue weighted by molar-refractivity contribution is 7.91. The number of amides is 2. The molecule has 7 heteroatoms. The zero-order valence-electron chi connectivity index (χ0n) is 12.7. The van der Waals surface area contributed by atoms with Crippen LogP contribution in [0.4, 0.5) is 0 Å². The zero-order chi connectivity index (χ0) is 15.7. The van der Waals surface area contributed by atoms with Gasteiger partial charge in [-0.1, -0.05) is 13.8 Å². The molecule has 0 spiro atoms. The number of sulfone groups is 1. The number of hydrogen-bond acceptors (Lipinski definition) is 4. The maximum atomic E-state index is 12.9. The summed E-state index contributed by atoms with van der Waals surface area (Å²) in [4.78, 5) is 26.5. The van der Waals surface area contributed by atoms with Gasteiger partial charge in [0.2, 0.25) is 11.8 Å². The molecule has 2 amide bonds. The molecule has 1 atom stereocenters. The summed E-state index contributed by atoms with van der Waals surface area (Å²) in [6, 6.07) is -0.290. The lowest BCUT2D eigenvalue weighted by molar-refractivity contribution is -0.141. The minimum atomic E-state index is -3.08. The number of hydrogen-bond donors (Lipinski definition) is 1. The van der Waals surface area contributed by atoms with Crippen LogP contribution in [0.1, 0.15) is 46.0 Å². The van der Waals surface area contributed by atoms with Gasteiger partial charge in [0.1, 0.15) is 5.54 Å².